The Morgan fingerprint density at radius 3 is 3.05 bits per heavy atom. The summed E-state index contributed by atoms with van der Waals surface area (Å²) in [4.78, 5) is 6.79. The van der Waals surface area contributed by atoms with Crippen molar-refractivity contribution in [1.82, 2.24) is 10.2 Å². The van der Waals surface area contributed by atoms with Crippen molar-refractivity contribution < 1.29 is 4.74 Å². The number of fused-ring (bicyclic) bond motifs is 1. The summed E-state index contributed by atoms with van der Waals surface area (Å²) in [5, 5.41) is 3.52. The van der Waals surface area contributed by atoms with Gasteiger partial charge in [-0.3, -0.25) is 4.99 Å². The number of nitrogens with one attached hydrogen (secondary N) is 1. The molecule has 1 heterocycles. The molecule has 1 aromatic rings. The fourth-order valence-electron chi connectivity index (χ4n) is 3.65. The molecule has 0 radical (unpaired) electrons. The van der Waals surface area contributed by atoms with E-state index < -0.39 is 0 Å². The second-order valence-electron chi connectivity index (χ2n) is 6.41. The van der Waals surface area contributed by atoms with E-state index >= 15 is 0 Å². The zero-order valence-electron chi connectivity index (χ0n) is 13.8. The van der Waals surface area contributed by atoms with E-state index in [0.29, 0.717) is 5.92 Å². The summed E-state index contributed by atoms with van der Waals surface area (Å²) < 4.78 is 5.27. The summed E-state index contributed by atoms with van der Waals surface area (Å²) in [6.45, 7) is 3.80. The van der Waals surface area contributed by atoms with Crippen LogP contribution >= 0.6 is 0 Å². The van der Waals surface area contributed by atoms with Gasteiger partial charge < -0.3 is 15.0 Å². The molecule has 3 rings (SSSR count). The maximum atomic E-state index is 5.27. The summed E-state index contributed by atoms with van der Waals surface area (Å²) in [5.74, 6) is 1.64. The molecule has 2 aliphatic rings. The number of ether oxygens (including phenoxy) is 1. The van der Waals surface area contributed by atoms with E-state index in [1.807, 2.05) is 7.05 Å². The Bertz CT molecular complexity index is 541. The first kappa shape index (κ1) is 15.3. The van der Waals surface area contributed by atoms with E-state index in [4.69, 9.17) is 4.74 Å². The Balaban J connectivity index is 1.55. The van der Waals surface area contributed by atoms with Gasteiger partial charge in [0.05, 0.1) is 6.61 Å². The van der Waals surface area contributed by atoms with Crippen LogP contribution in [0.25, 0.3) is 0 Å². The Kier molecular flexibility index (Phi) is 4.98. The van der Waals surface area contributed by atoms with Crippen molar-refractivity contribution in [3.8, 4) is 0 Å². The van der Waals surface area contributed by atoms with Crippen LogP contribution in [0.5, 0.6) is 0 Å². The van der Waals surface area contributed by atoms with Crippen molar-refractivity contribution in [3.05, 3.63) is 34.9 Å². The third kappa shape index (κ3) is 3.43. The van der Waals surface area contributed by atoms with Gasteiger partial charge in [-0.1, -0.05) is 18.2 Å². The minimum atomic E-state index is 0.628. The molecule has 1 N–H and O–H groups in total. The van der Waals surface area contributed by atoms with E-state index in [9.17, 15) is 0 Å². The number of hydrogen-bond donors (Lipinski definition) is 1. The highest BCUT2D eigenvalue weighted by Crippen LogP contribution is 2.23. The lowest BCUT2D eigenvalue weighted by atomic mass is 10.1. The average Bonchev–Trinajstić information content (AvgIpc) is 3.17. The topological polar surface area (TPSA) is 36.9 Å². The van der Waals surface area contributed by atoms with Crippen LogP contribution in [0, 0.1) is 5.92 Å². The van der Waals surface area contributed by atoms with Gasteiger partial charge in [-0.25, -0.2) is 0 Å². The fourth-order valence-corrected chi connectivity index (χ4v) is 3.65. The first-order valence-corrected chi connectivity index (χ1v) is 8.35. The van der Waals surface area contributed by atoms with Crippen LogP contribution < -0.4 is 5.32 Å². The minimum absolute atomic E-state index is 0.628. The molecule has 0 saturated carbocycles. The average molecular weight is 301 g/mol. The zero-order valence-corrected chi connectivity index (χ0v) is 13.8. The number of methoxy groups -OCH3 is 1. The lowest BCUT2D eigenvalue weighted by Crippen LogP contribution is -2.39. The van der Waals surface area contributed by atoms with Crippen LogP contribution in [-0.4, -0.2) is 44.7 Å². The smallest absolute Gasteiger partial charge is 0.193 e. The lowest BCUT2D eigenvalue weighted by Gasteiger charge is -2.22. The molecular formula is C18H27N3O. The van der Waals surface area contributed by atoms with E-state index in [1.54, 1.807) is 7.11 Å². The van der Waals surface area contributed by atoms with Crippen LogP contribution in [-0.2, 0) is 24.1 Å². The van der Waals surface area contributed by atoms with Crippen molar-refractivity contribution >= 4 is 5.96 Å². The summed E-state index contributed by atoms with van der Waals surface area (Å²) in [6, 6.07) is 6.91. The molecule has 1 unspecified atom stereocenters. The third-order valence-electron chi connectivity index (χ3n) is 4.81. The normalized spacial score (nSPS) is 21.3. The van der Waals surface area contributed by atoms with Gasteiger partial charge in [-0.2, -0.15) is 0 Å². The van der Waals surface area contributed by atoms with Crippen LogP contribution in [0.3, 0.4) is 0 Å². The Morgan fingerprint density at radius 1 is 1.36 bits per heavy atom. The number of nitrogens with zero attached hydrogens (tertiary/aromatic N) is 2. The maximum Gasteiger partial charge on any atom is 0.193 e. The molecule has 0 amide bonds. The van der Waals surface area contributed by atoms with Crippen molar-refractivity contribution in [3.63, 3.8) is 0 Å². The highest BCUT2D eigenvalue weighted by Gasteiger charge is 2.24. The number of benzene rings is 1. The van der Waals surface area contributed by atoms with Crippen LogP contribution in [0.15, 0.2) is 23.2 Å². The summed E-state index contributed by atoms with van der Waals surface area (Å²) >= 11 is 0. The Labute approximate surface area is 133 Å². The summed E-state index contributed by atoms with van der Waals surface area (Å²) in [5.41, 5.74) is 4.43. The molecule has 0 aromatic heterocycles. The summed E-state index contributed by atoms with van der Waals surface area (Å²) in [7, 11) is 3.65. The lowest BCUT2D eigenvalue weighted by molar-refractivity contribution is 0.157. The van der Waals surface area contributed by atoms with Crippen LogP contribution in [0.4, 0.5) is 0 Å². The monoisotopic (exact) mass is 301 g/mol. The Hall–Kier alpha value is -1.55. The molecule has 1 fully saturated rings. The number of aryl methyl sites for hydroxylation is 2. The molecule has 1 atom stereocenters. The summed E-state index contributed by atoms with van der Waals surface area (Å²) in [6.07, 6.45) is 4.98. The maximum absolute atomic E-state index is 5.27. The number of aliphatic imine (C=N–C) groups is 1. The second-order valence-corrected chi connectivity index (χ2v) is 6.41. The number of hydrogen-bond acceptors (Lipinski definition) is 2. The highest BCUT2D eigenvalue weighted by molar-refractivity contribution is 5.80. The SMILES string of the molecule is CN=C(NCc1ccc2c(c1)CCC2)N1CCC(COC)C1. The predicted octanol–water partition coefficient (Wildman–Crippen LogP) is 2.22. The van der Waals surface area contributed by atoms with Gasteiger partial charge in [-0.05, 0) is 42.4 Å². The van der Waals surface area contributed by atoms with Gasteiger partial charge in [0.2, 0.25) is 0 Å². The fraction of sp³-hybridized carbons (Fsp3) is 0.611. The van der Waals surface area contributed by atoms with Gasteiger partial charge in [-0.15, -0.1) is 0 Å². The first-order chi connectivity index (χ1) is 10.8. The van der Waals surface area contributed by atoms with Crippen molar-refractivity contribution in [2.45, 2.75) is 32.2 Å². The van der Waals surface area contributed by atoms with Gasteiger partial charge in [0.25, 0.3) is 0 Å². The van der Waals surface area contributed by atoms with Crippen molar-refractivity contribution in [2.24, 2.45) is 10.9 Å². The predicted molar refractivity (Wildman–Crippen MR) is 90.2 cm³/mol. The number of rotatable bonds is 4. The molecule has 4 nitrogen and oxygen atoms in total. The standard InChI is InChI=1S/C18H27N3O/c1-19-18(21-9-8-15(12-21)13-22-2)20-11-14-6-7-16-4-3-5-17(16)10-14/h6-7,10,15H,3-5,8-9,11-13H2,1-2H3,(H,19,20). The third-order valence-corrected chi connectivity index (χ3v) is 4.81. The van der Waals surface area contributed by atoms with Gasteiger partial charge in [0.1, 0.15) is 0 Å². The van der Waals surface area contributed by atoms with Crippen molar-refractivity contribution in [1.29, 1.82) is 0 Å². The molecule has 0 spiro atoms. The molecule has 1 aliphatic heterocycles. The first-order valence-electron chi connectivity index (χ1n) is 8.35. The number of likely N-dealkylation sites (tertiary alicyclic amines) is 1. The van der Waals surface area contributed by atoms with E-state index in [1.165, 1.54) is 42.4 Å². The van der Waals surface area contributed by atoms with Gasteiger partial charge in [0, 0.05) is 39.7 Å². The molecule has 1 aromatic carbocycles. The van der Waals surface area contributed by atoms with E-state index in [-0.39, 0.29) is 0 Å². The van der Waals surface area contributed by atoms with Crippen LogP contribution in [0.1, 0.15) is 29.5 Å². The second kappa shape index (κ2) is 7.14. The van der Waals surface area contributed by atoms with Gasteiger partial charge in [0.15, 0.2) is 5.96 Å². The van der Waals surface area contributed by atoms with E-state index in [2.05, 4.69) is 33.4 Å². The molecule has 1 aliphatic carbocycles. The molecule has 120 valence electrons. The highest BCUT2D eigenvalue weighted by atomic mass is 16.5. The van der Waals surface area contributed by atoms with Crippen molar-refractivity contribution in [2.75, 3.05) is 33.9 Å². The molecule has 4 heteroatoms. The van der Waals surface area contributed by atoms with E-state index in [0.717, 1.165) is 32.2 Å². The minimum Gasteiger partial charge on any atom is -0.384 e. The molecule has 0 bridgehead atoms. The zero-order chi connectivity index (χ0) is 15.4. The molecule has 1 saturated heterocycles. The Morgan fingerprint density at radius 2 is 2.23 bits per heavy atom. The number of guanidine groups is 1. The quantitative estimate of drug-likeness (QED) is 0.684. The van der Waals surface area contributed by atoms with Gasteiger partial charge >= 0.3 is 0 Å². The van der Waals surface area contributed by atoms with Crippen LogP contribution in [0.2, 0.25) is 0 Å². The largest absolute Gasteiger partial charge is 0.384 e. The molecular weight excluding hydrogens is 274 g/mol. The molecule has 22 heavy (non-hydrogen) atoms.